The Kier molecular flexibility index (Phi) is 7.69. The maximum absolute atomic E-state index is 13.1. The summed E-state index contributed by atoms with van der Waals surface area (Å²) in [6, 6.07) is 25.1. The first-order valence-electron chi connectivity index (χ1n) is 10.0. The summed E-state index contributed by atoms with van der Waals surface area (Å²) >= 11 is 1.49. The van der Waals surface area contributed by atoms with Gasteiger partial charge in [-0.3, -0.25) is 9.59 Å². The summed E-state index contributed by atoms with van der Waals surface area (Å²) in [6.45, 7) is 3.98. The van der Waals surface area contributed by atoms with E-state index >= 15 is 0 Å². The average Bonchev–Trinajstić information content (AvgIpc) is 2.74. The Morgan fingerprint density at radius 1 is 0.867 bits per heavy atom. The summed E-state index contributed by atoms with van der Waals surface area (Å²) in [5.41, 5.74) is 3.58. The number of benzene rings is 3. The van der Waals surface area contributed by atoms with E-state index in [9.17, 15) is 9.59 Å². The van der Waals surface area contributed by atoms with E-state index in [-0.39, 0.29) is 11.8 Å². The molecule has 2 N–H and O–H groups in total. The zero-order chi connectivity index (χ0) is 21.3. The van der Waals surface area contributed by atoms with Crippen molar-refractivity contribution in [1.29, 1.82) is 0 Å². The molecular weight excluding hydrogens is 392 g/mol. The van der Waals surface area contributed by atoms with Crippen molar-refractivity contribution in [3.05, 3.63) is 90.0 Å². The van der Waals surface area contributed by atoms with E-state index in [2.05, 4.69) is 10.6 Å². The van der Waals surface area contributed by atoms with Crippen LogP contribution in [0.25, 0.3) is 0 Å². The summed E-state index contributed by atoms with van der Waals surface area (Å²) < 4.78 is 0. The number of hydrogen-bond acceptors (Lipinski definition) is 3. The molecule has 1 atom stereocenters. The van der Waals surface area contributed by atoms with Crippen molar-refractivity contribution in [2.24, 2.45) is 0 Å². The van der Waals surface area contributed by atoms with Crippen LogP contribution in [0.1, 0.15) is 36.1 Å². The van der Waals surface area contributed by atoms with Crippen LogP contribution in [0.5, 0.6) is 0 Å². The molecular formula is C25H26N2O2S. The Labute approximate surface area is 182 Å². The van der Waals surface area contributed by atoms with E-state index in [1.165, 1.54) is 11.8 Å². The third-order valence-corrected chi connectivity index (χ3v) is 5.76. The van der Waals surface area contributed by atoms with Crippen LogP contribution in [0, 0.1) is 6.92 Å². The van der Waals surface area contributed by atoms with Gasteiger partial charge in [0.1, 0.15) is 5.25 Å². The molecule has 0 saturated heterocycles. The van der Waals surface area contributed by atoms with Gasteiger partial charge in [-0.25, -0.2) is 0 Å². The summed E-state index contributed by atoms with van der Waals surface area (Å²) in [4.78, 5) is 25.9. The molecule has 30 heavy (non-hydrogen) atoms. The standard InChI is InChI=1S/C25H26N2O2S/c1-3-8-23(28)26-20-13-15-22(16-14-20)30-24(19-10-5-4-6-11-19)25(29)27-21-12-7-9-18(2)17-21/h4-7,9-17,24H,3,8H2,1-2H3,(H,26,28)(H,27,29). The second-order valence-corrected chi connectivity index (χ2v) is 8.27. The van der Waals surface area contributed by atoms with Crippen LogP contribution in [-0.2, 0) is 9.59 Å². The van der Waals surface area contributed by atoms with Crippen LogP contribution < -0.4 is 10.6 Å². The summed E-state index contributed by atoms with van der Waals surface area (Å²) in [5.74, 6) is -0.0604. The molecule has 5 heteroatoms. The van der Waals surface area contributed by atoms with Crippen molar-refractivity contribution < 1.29 is 9.59 Å². The number of thioether (sulfide) groups is 1. The van der Waals surface area contributed by atoms with Crippen molar-refractivity contribution in [1.82, 2.24) is 0 Å². The minimum Gasteiger partial charge on any atom is -0.326 e. The predicted molar refractivity (Wildman–Crippen MR) is 125 cm³/mol. The van der Waals surface area contributed by atoms with Gasteiger partial charge in [-0.1, -0.05) is 49.4 Å². The topological polar surface area (TPSA) is 58.2 Å². The SMILES string of the molecule is CCCC(=O)Nc1ccc(SC(C(=O)Nc2cccc(C)c2)c2ccccc2)cc1. The minimum absolute atomic E-state index is 0.0117. The van der Waals surface area contributed by atoms with Crippen LogP contribution in [0.2, 0.25) is 0 Å². The highest BCUT2D eigenvalue weighted by Gasteiger charge is 2.22. The van der Waals surface area contributed by atoms with Gasteiger partial charge in [-0.05, 0) is 60.9 Å². The maximum atomic E-state index is 13.1. The summed E-state index contributed by atoms with van der Waals surface area (Å²) in [5, 5.41) is 5.53. The Morgan fingerprint density at radius 3 is 2.27 bits per heavy atom. The molecule has 154 valence electrons. The lowest BCUT2D eigenvalue weighted by Gasteiger charge is -2.17. The molecule has 1 unspecified atom stereocenters. The molecule has 0 aromatic heterocycles. The van der Waals surface area contributed by atoms with Crippen molar-refractivity contribution in [3.8, 4) is 0 Å². The highest BCUT2D eigenvalue weighted by Crippen LogP contribution is 2.36. The van der Waals surface area contributed by atoms with Gasteiger partial charge in [0.15, 0.2) is 0 Å². The molecule has 0 aliphatic heterocycles. The number of carbonyl (C=O) groups is 2. The molecule has 0 spiro atoms. The molecule has 0 aliphatic carbocycles. The summed E-state index contributed by atoms with van der Waals surface area (Å²) in [7, 11) is 0. The van der Waals surface area contributed by atoms with Crippen molar-refractivity contribution in [2.45, 2.75) is 36.8 Å². The fraction of sp³-hybridized carbons (Fsp3) is 0.200. The molecule has 0 fully saturated rings. The van der Waals surface area contributed by atoms with Gasteiger partial charge in [0.25, 0.3) is 0 Å². The summed E-state index contributed by atoms with van der Waals surface area (Å²) in [6.07, 6.45) is 1.32. The highest BCUT2D eigenvalue weighted by atomic mass is 32.2. The quantitative estimate of drug-likeness (QED) is 0.428. The fourth-order valence-corrected chi connectivity index (χ4v) is 4.06. The van der Waals surface area contributed by atoms with E-state index in [1.54, 1.807) is 0 Å². The zero-order valence-corrected chi connectivity index (χ0v) is 18.0. The van der Waals surface area contributed by atoms with Gasteiger partial charge < -0.3 is 10.6 Å². The molecule has 0 radical (unpaired) electrons. The fourth-order valence-electron chi connectivity index (χ4n) is 3.03. The number of anilines is 2. The van der Waals surface area contributed by atoms with Crippen LogP contribution in [-0.4, -0.2) is 11.8 Å². The smallest absolute Gasteiger partial charge is 0.242 e. The van der Waals surface area contributed by atoms with Gasteiger partial charge in [0.05, 0.1) is 0 Å². The second kappa shape index (κ2) is 10.6. The van der Waals surface area contributed by atoms with E-state index in [0.29, 0.717) is 6.42 Å². The monoisotopic (exact) mass is 418 g/mol. The van der Waals surface area contributed by atoms with Crippen molar-refractivity contribution >= 4 is 35.0 Å². The largest absolute Gasteiger partial charge is 0.326 e. The average molecular weight is 419 g/mol. The number of amides is 2. The van der Waals surface area contributed by atoms with Gasteiger partial charge in [-0.2, -0.15) is 0 Å². The van der Waals surface area contributed by atoms with Gasteiger partial charge >= 0.3 is 0 Å². The predicted octanol–water partition coefficient (Wildman–Crippen LogP) is 6.21. The van der Waals surface area contributed by atoms with Crippen LogP contribution in [0.4, 0.5) is 11.4 Å². The third kappa shape index (κ3) is 6.22. The number of nitrogens with one attached hydrogen (secondary N) is 2. The second-order valence-electron chi connectivity index (χ2n) is 7.09. The van der Waals surface area contributed by atoms with Gasteiger partial charge in [0.2, 0.25) is 11.8 Å². The lowest BCUT2D eigenvalue weighted by Crippen LogP contribution is -2.19. The Balaban J connectivity index is 1.76. The van der Waals surface area contributed by atoms with E-state index in [1.807, 2.05) is 92.7 Å². The molecule has 0 aliphatic rings. The number of rotatable bonds is 8. The molecule has 0 heterocycles. The molecule has 4 nitrogen and oxygen atoms in total. The number of hydrogen-bond donors (Lipinski definition) is 2. The van der Waals surface area contributed by atoms with Crippen LogP contribution in [0.15, 0.2) is 83.8 Å². The first-order valence-corrected chi connectivity index (χ1v) is 10.9. The Hall–Kier alpha value is -3.05. The van der Waals surface area contributed by atoms with Crippen molar-refractivity contribution in [3.63, 3.8) is 0 Å². The van der Waals surface area contributed by atoms with E-state index < -0.39 is 5.25 Å². The molecule has 0 bridgehead atoms. The van der Waals surface area contributed by atoms with Gasteiger partial charge in [0, 0.05) is 22.7 Å². The minimum atomic E-state index is -0.396. The molecule has 2 amide bonds. The first-order chi connectivity index (χ1) is 14.5. The zero-order valence-electron chi connectivity index (χ0n) is 17.2. The molecule has 3 rings (SSSR count). The van der Waals surface area contributed by atoms with E-state index in [0.717, 1.165) is 33.8 Å². The molecule has 3 aromatic rings. The van der Waals surface area contributed by atoms with E-state index in [4.69, 9.17) is 0 Å². The van der Waals surface area contributed by atoms with Gasteiger partial charge in [-0.15, -0.1) is 11.8 Å². The Bertz CT molecular complexity index is 988. The number of carbonyl (C=O) groups excluding carboxylic acids is 2. The maximum Gasteiger partial charge on any atom is 0.242 e. The van der Waals surface area contributed by atoms with Crippen LogP contribution in [0.3, 0.4) is 0 Å². The third-order valence-electron chi connectivity index (χ3n) is 4.50. The molecule has 3 aromatic carbocycles. The van der Waals surface area contributed by atoms with Crippen LogP contribution >= 0.6 is 11.8 Å². The Morgan fingerprint density at radius 2 is 1.60 bits per heavy atom. The lowest BCUT2D eigenvalue weighted by atomic mass is 10.1. The van der Waals surface area contributed by atoms with Crippen molar-refractivity contribution in [2.75, 3.05) is 10.6 Å². The normalized spacial score (nSPS) is 11.5. The molecule has 0 saturated carbocycles. The highest BCUT2D eigenvalue weighted by molar-refractivity contribution is 8.00. The number of aryl methyl sites for hydroxylation is 1. The lowest BCUT2D eigenvalue weighted by molar-refractivity contribution is -0.116. The first kappa shape index (κ1) is 21.7.